The van der Waals surface area contributed by atoms with Gasteiger partial charge in [0.1, 0.15) is 46.9 Å². The monoisotopic (exact) mass is 1050 g/mol. The number of aromatic nitrogens is 6. The fraction of sp³-hybridized carbons (Fsp3) is 0.593. The number of likely N-dealkylation sites (N-methyl/N-ethyl adjacent to an activating group) is 2. The van der Waals surface area contributed by atoms with Crippen LogP contribution in [0.2, 0.25) is 0 Å². The highest BCUT2D eigenvalue weighted by atomic mass is 16.5. The van der Waals surface area contributed by atoms with Crippen molar-refractivity contribution in [1.82, 2.24) is 71.7 Å². The van der Waals surface area contributed by atoms with Crippen LogP contribution in [-0.4, -0.2) is 151 Å². The van der Waals surface area contributed by atoms with Crippen LogP contribution in [0.25, 0.3) is 11.4 Å². The van der Waals surface area contributed by atoms with E-state index in [9.17, 15) is 28.8 Å². The average Bonchev–Trinajstić information content (AvgIpc) is 4.32. The molecule has 5 heterocycles. The highest BCUT2D eigenvalue weighted by Gasteiger charge is 2.43. The van der Waals surface area contributed by atoms with E-state index < -0.39 is 72.1 Å². The molecule has 0 spiro atoms. The molecule has 2 aliphatic carbocycles. The molecular formula is C54H74N14O8. The summed E-state index contributed by atoms with van der Waals surface area (Å²) in [4.78, 5) is 87.4. The van der Waals surface area contributed by atoms with Crippen molar-refractivity contribution in [3.63, 3.8) is 0 Å². The number of aryl methyl sites for hydroxylation is 4. The number of nitrogens with zero attached hydrogens (tertiary/aromatic N) is 8. The summed E-state index contributed by atoms with van der Waals surface area (Å²) in [6.45, 7) is 8.12. The topological polar surface area (TPSA) is 261 Å². The van der Waals surface area contributed by atoms with Crippen LogP contribution in [-0.2, 0) is 77.4 Å². The van der Waals surface area contributed by atoms with E-state index in [2.05, 4.69) is 76.8 Å². The van der Waals surface area contributed by atoms with E-state index in [0.717, 1.165) is 49.7 Å². The molecule has 2 saturated heterocycles. The van der Waals surface area contributed by atoms with Gasteiger partial charge >= 0.3 is 0 Å². The number of ether oxygens (including phenoxy) is 2. The molecule has 2 fully saturated rings. The van der Waals surface area contributed by atoms with Crippen molar-refractivity contribution in [2.75, 3.05) is 27.2 Å². The molecule has 2 aromatic carbocycles. The fourth-order valence-electron chi connectivity index (χ4n) is 11.4. The van der Waals surface area contributed by atoms with Gasteiger partial charge in [-0.3, -0.25) is 28.8 Å². The Bertz CT molecular complexity index is 2580. The van der Waals surface area contributed by atoms with Gasteiger partial charge in [0.15, 0.2) is 0 Å². The lowest BCUT2D eigenvalue weighted by Gasteiger charge is -2.33. The number of carbonyl (C=O) groups is 6. The summed E-state index contributed by atoms with van der Waals surface area (Å²) in [6, 6.07) is 11.0. The second kappa shape index (κ2) is 24.2. The molecule has 22 heteroatoms. The third-order valence-electron chi connectivity index (χ3n) is 16.1. The number of hydrogen-bond donors (Lipinski definition) is 6. The van der Waals surface area contributed by atoms with Crippen LogP contribution in [0.5, 0.6) is 0 Å². The van der Waals surface area contributed by atoms with E-state index in [1.54, 1.807) is 61.0 Å². The highest BCUT2D eigenvalue weighted by Crippen LogP contribution is 2.34. The van der Waals surface area contributed by atoms with Gasteiger partial charge in [0, 0.05) is 13.1 Å². The van der Waals surface area contributed by atoms with Gasteiger partial charge < -0.3 is 51.2 Å². The predicted octanol–water partition coefficient (Wildman–Crippen LogP) is 1.92. The molecule has 2 aromatic heterocycles. The Hall–Kier alpha value is -6.62. The van der Waals surface area contributed by atoms with Crippen molar-refractivity contribution in [3.8, 4) is 11.4 Å². The Morgan fingerprint density at radius 3 is 1.38 bits per heavy atom. The summed E-state index contributed by atoms with van der Waals surface area (Å²) >= 11 is 0. The third-order valence-corrected chi connectivity index (χ3v) is 16.1. The summed E-state index contributed by atoms with van der Waals surface area (Å²) in [5.74, 6) is -2.10. The van der Waals surface area contributed by atoms with Crippen LogP contribution in [0, 0.1) is 0 Å². The number of hydrogen-bond acceptors (Lipinski definition) is 14. The van der Waals surface area contributed by atoms with Crippen LogP contribution < -0.4 is 31.9 Å². The Morgan fingerprint density at radius 1 is 0.566 bits per heavy atom. The minimum absolute atomic E-state index is 0.116. The Kier molecular flexibility index (Phi) is 17.2. The minimum Gasteiger partial charge on any atom is -0.369 e. The lowest BCUT2D eigenvalue weighted by atomic mass is 9.87. The van der Waals surface area contributed by atoms with Crippen molar-refractivity contribution in [1.29, 1.82) is 0 Å². The molecule has 6 amide bonds. The van der Waals surface area contributed by atoms with E-state index >= 15 is 0 Å². The first kappa shape index (κ1) is 54.2. The van der Waals surface area contributed by atoms with Gasteiger partial charge in [-0.1, -0.05) is 59.0 Å². The normalized spacial score (nSPS) is 22.1. The first-order valence-corrected chi connectivity index (χ1v) is 27.2. The number of rotatable bonds is 20. The molecule has 0 bridgehead atoms. The predicted molar refractivity (Wildman–Crippen MR) is 278 cm³/mol. The number of amides is 6. The second-order valence-corrected chi connectivity index (χ2v) is 20.9. The zero-order valence-corrected chi connectivity index (χ0v) is 44.5. The van der Waals surface area contributed by atoms with Gasteiger partial charge in [-0.15, -0.1) is 10.2 Å². The van der Waals surface area contributed by atoms with Crippen LogP contribution >= 0.6 is 0 Å². The molecule has 76 heavy (non-hydrogen) atoms. The molecule has 0 saturated carbocycles. The molecule has 408 valence electrons. The number of fused-ring (bicyclic) bond motifs is 5. The minimum atomic E-state index is -1.15. The van der Waals surface area contributed by atoms with Gasteiger partial charge in [-0.25, -0.2) is 9.36 Å². The summed E-state index contributed by atoms with van der Waals surface area (Å²) in [5, 5.41) is 36.0. The van der Waals surface area contributed by atoms with E-state index in [-0.39, 0.29) is 37.1 Å². The zero-order chi connectivity index (χ0) is 53.6. The molecule has 3 aliphatic heterocycles. The van der Waals surface area contributed by atoms with Crippen molar-refractivity contribution in [2.24, 2.45) is 0 Å². The first-order chi connectivity index (χ1) is 36.8. The first-order valence-electron chi connectivity index (χ1n) is 27.2. The molecule has 6 N–H and O–H groups in total. The molecule has 0 radical (unpaired) electrons. The number of carbonyl (C=O) groups excluding carboxylic acids is 6. The van der Waals surface area contributed by atoms with Crippen LogP contribution in [0.4, 0.5) is 0 Å². The van der Waals surface area contributed by atoms with Gasteiger partial charge in [0.05, 0.1) is 62.7 Å². The number of nitrogens with one attached hydrogen (secondary N) is 6. The van der Waals surface area contributed by atoms with Crippen LogP contribution in [0.15, 0.2) is 48.5 Å². The Labute approximate surface area is 443 Å². The van der Waals surface area contributed by atoms with E-state index in [0.29, 0.717) is 74.6 Å². The van der Waals surface area contributed by atoms with Crippen molar-refractivity contribution < 1.29 is 38.2 Å². The molecular weight excluding hydrogens is 973 g/mol. The van der Waals surface area contributed by atoms with Gasteiger partial charge in [0.25, 0.3) is 0 Å². The standard InChI is InChI=1S/C54H74N14O8/c1-31(55-5)49(69)59-45(53(73)65-25-13-23-43(65)51(71)57-39-21-11-17-35-15-7-9-19-37(35)39)33(3)75-29-41-47-48-42(62-64-68(48)28-27-67(47)63-61-41)30-76-34(4)46(60-50(70)32(2)56-6)54(74)66-26-14-24-44(66)52(72)58-40-22-12-18-36-16-8-10-20-38(36)40/h7-10,15-16,19-20,31-34,39-40,43-46,55-56H,11-14,17-18,21-30H2,1-6H3,(H,57,71)(H,58,72)(H,59,69)(H,60,70)/t31-,32-,33+,34+,39+,40+,43-,44-,45-,46-/m0/s1. The van der Waals surface area contributed by atoms with Gasteiger partial charge in [-0.05, 0) is 128 Å². The van der Waals surface area contributed by atoms with Gasteiger partial charge in [0.2, 0.25) is 35.4 Å². The van der Waals surface area contributed by atoms with E-state index in [4.69, 9.17) is 9.47 Å². The van der Waals surface area contributed by atoms with Crippen molar-refractivity contribution in [3.05, 3.63) is 82.2 Å². The molecule has 22 nitrogen and oxygen atoms in total. The highest BCUT2D eigenvalue weighted by molar-refractivity contribution is 5.95. The quantitative estimate of drug-likeness (QED) is 0.0740. The van der Waals surface area contributed by atoms with E-state index in [1.807, 2.05) is 24.3 Å². The summed E-state index contributed by atoms with van der Waals surface area (Å²) in [7, 11) is 3.31. The molecule has 4 aromatic rings. The molecule has 9 rings (SSSR count). The van der Waals surface area contributed by atoms with Gasteiger partial charge in [-0.2, -0.15) is 0 Å². The third kappa shape index (κ3) is 11.5. The second-order valence-electron chi connectivity index (χ2n) is 20.9. The number of benzene rings is 2. The van der Waals surface area contributed by atoms with Crippen molar-refractivity contribution >= 4 is 35.4 Å². The Morgan fingerprint density at radius 2 is 0.974 bits per heavy atom. The average molecular weight is 1050 g/mol. The van der Waals surface area contributed by atoms with E-state index in [1.165, 1.54) is 11.1 Å². The SMILES string of the molecule is CN[C@@H](C)C(=O)N[C@H](C(=O)N1CCC[C@H]1C(=O)N[C@@H]1CCCc2ccccc21)[C@@H](C)OCc1nnn2c1-c1c(CO[C@H](C)[C@H](NC(=O)[C@H](C)NC)C(=O)N3CCC[C@H]3C(=O)N[C@@H]3CCCc4ccccc43)nnn1CC2. The van der Waals surface area contributed by atoms with Crippen LogP contribution in [0.3, 0.4) is 0 Å². The fourth-order valence-corrected chi connectivity index (χ4v) is 11.4. The lowest BCUT2D eigenvalue weighted by Crippen LogP contribution is -2.59. The maximum absolute atomic E-state index is 14.7. The summed E-state index contributed by atoms with van der Waals surface area (Å²) in [6.07, 6.45) is 5.89. The summed E-state index contributed by atoms with van der Waals surface area (Å²) in [5.41, 5.74) is 6.63. The molecule has 5 aliphatic rings. The molecule has 10 atom stereocenters. The zero-order valence-electron chi connectivity index (χ0n) is 44.5. The number of likely N-dealkylation sites (tertiary alicyclic amines) is 2. The van der Waals surface area contributed by atoms with Crippen molar-refractivity contribution in [2.45, 2.75) is 179 Å². The lowest BCUT2D eigenvalue weighted by molar-refractivity contribution is -0.145. The largest absolute Gasteiger partial charge is 0.369 e. The van der Waals surface area contributed by atoms with Crippen LogP contribution in [0.1, 0.15) is 125 Å². The Balaban J connectivity index is 0.885. The maximum Gasteiger partial charge on any atom is 0.248 e. The smallest absolute Gasteiger partial charge is 0.248 e. The molecule has 0 unspecified atom stereocenters. The maximum atomic E-state index is 14.7. The summed E-state index contributed by atoms with van der Waals surface area (Å²) < 4.78 is 16.4.